The standard InChI is InChI=1S/C30H37N5OS/c1-36-27-10-6-5-9-26(27)33-13-11-32(12-14-33)21-34-29(37)35(25-7-3-2-4-8-25)28(31-34)30-18-22-15-23(19-30)17-24(16-22)20-30/h2-10,22-24H,11-21H2,1H3. The van der Waals surface area contributed by atoms with Crippen LogP contribution in [0, 0.1) is 22.5 Å². The summed E-state index contributed by atoms with van der Waals surface area (Å²) in [5.74, 6) is 4.79. The van der Waals surface area contributed by atoms with E-state index in [1.165, 1.54) is 50.0 Å². The Morgan fingerprint density at radius 1 is 0.865 bits per heavy atom. The van der Waals surface area contributed by atoms with Crippen molar-refractivity contribution in [2.75, 3.05) is 38.2 Å². The molecule has 0 spiro atoms. The highest BCUT2D eigenvalue weighted by Crippen LogP contribution is 2.60. The fraction of sp³-hybridized carbons (Fsp3) is 0.533. The molecule has 0 amide bonds. The van der Waals surface area contributed by atoms with E-state index < -0.39 is 0 Å². The highest BCUT2D eigenvalue weighted by atomic mass is 32.1. The molecule has 37 heavy (non-hydrogen) atoms. The highest BCUT2D eigenvalue weighted by molar-refractivity contribution is 7.71. The van der Waals surface area contributed by atoms with Crippen LogP contribution in [0.2, 0.25) is 0 Å². The van der Waals surface area contributed by atoms with E-state index in [2.05, 4.69) is 61.5 Å². The predicted octanol–water partition coefficient (Wildman–Crippen LogP) is 5.66. The van der Waals surface area contributed by atoms with Crippen molar-refractivity contribution in [1.29, 1.82) is 0 Å². The van der Waals surface area contributed by atoms with E-state index in [9.17, 15) is 0 Å². The lowest BCUT2D eigenvalue weighted by atomic mass is 9.49. The molecule has 0 radical (unpaired) electrons. The van der Waals surface area contributed by atoms with Gasteiger partial charge < -0.3 is 9.64 Å². The van der Waals surface area contributed by atoms with E-state index in [1.54, 1.807) is 7.11 Å². The minimum Gasteiger partial charge on any atom is -0.495 e. The topological polar surface area (TPSA) is 38.5 Å². The first-order chi connectivity index (χ1) is 18.1. The van der Waals surface area contributed by atoms with Gasteiger partial charge in [-0.3, -0.25) is 9.47 Å². The number of piperazine rings is 1. The largest absolute Gasteiger partial charge is 0.495 e. The molecule has 6 nitrogen and oxygen atoms in total. The van der Waals surface area contributed by atoms with Crippen LogP contribution in [0.4, 0.5) is 5.69 Å². The summed E-state index contributed by atoms with van der Waals surface area (Å²) in [6.45, 7) is 4.64. The summed E-state index contributed by atoms with van der Waals surface area (Å²) in [4.78, 5) is 4.92. The maximum absolute atomic E-state index is 6.16. The van der Waals surface area contributed by atoms with E-state index in [0.717, 1.165) is 66.8 Å². The number of ether oxygens (including phenoxy) is 1. The van der Waals surface area contributed by atoms with Gasteiger partial charge in [-0.1, -0.05) is 30.3 Å². The molecule has 0 unspecified atom stereocenters. The van der Waals surface area contributed by atoms with Crippen LogP contribution < -0.4 is 9.64 Å². The van der Waals surface area contributed by atoms with Gasteiger partial charge in [0.15, 0.2) is 0 Å². The molecule has 7 heteroatoms. The van der Waals surface area contributed by atoms with Gasteiger partial charge in [0.25, 0.3) is 0 Å². The van der Waals surface area contributed by atoms with Crippen molar-refractivity contribution >= 4 is 17.9 Å². The van der Waals surface area contributed by atoms with Crippen LogP contribution in [0.15, 0.2) is 54.6 Å². The van der Waals surface area contributed by atoms with E-state index in [1.807, 2.05) is 12.1 Å². The van der Waals surface area contributed by atoms with E-state index in [0.29, 0.717) is 0 Å². The molecule has 0 atom stereocenters. The second kappa shape index (κ2) is 9.28. The van der Waals surface area contributed by atoms with Crippen molar-refractivity contribution in [2.24, 2.45) is 17.8 Å². The third kappa shape index (κ3) is 4.11. The first-order valence-electron chi connectivity index (χ1n) is 14.0. The molecule has 5 aliphatic rings. The van der Waals surface area contributed by atoms with Crippen molar-refractivity contribution in [3.05, 3.63) is 65.2 Å². The number of methoxy groups -OCH3 is 1. The van der Waals surface area contributed by atoms with Crippen molar-refractivity contribution in [2.45, 2.75) is 50.6 Å². The molecule has 2 aromatic carbocycles. The lowest BCUT2D eigenvalue weighted by Crippen LogP contribution is -2.49. The summed E-state index contributed by atoms with van der Waals surface area (Å²) >= 11 is 6.16. The van der Waals surface area contributed by atoms with Gasteiger partial charge in [0.1, 0.15) is 11.6 Å². The fourth-order valence-electron chi connectivity index (χ4n) is 8.25. The lowest BCUT2D eigenvalue weighted by molar-refractivity contribution is -0.0105. The Kier molecular flexibility index (Phi) is 5.89. The number of benzene rings is 2. The molecule has 1 saturated heterocycles. The van der Waals surface area contributed by atoms with Crippen molar-refractivity contribution in [3.63, 3.8) is 0 Å². The molecular formula is C30H37N5OS. The average molecular weight is 516 g/mol. The Morgan fingerprint density at radius 2 is 1.49 bits per heavy atom. The van der Waals surface area contributed by atoms with Gasteiger partial charge in [0, 0.05) is 37.3 Å². The molecule has 4 bridgehead atoms. The number of anilines is 1. The van der Waals surface area contributed by atoms with Crippen molar-refractivity contribution in [3.8, 4) is 11.4 Å². The average Bonchev–Trinajstić information content (AvgIpc) is 3.25. The van der Waals surface area contributed by atoms with Crippen molar-refractivity contribution < 1.29 is 4.74 Å². The monoisotopic (exact) mass is 515 g/mol. The quantitative estimate of drug-likeness (QED) is 0.396. The second-order valence-corrected chi connectivity index (χ2v) is 12.3. The Morgan fingerprint density at radius 3 is 2.14 bits per heavy atom. The molecule has 8 rings (SSSR count). The summed E-state index contributed by atoms with van der Waals surface area (Å²) in [6.07, 6.45) is 8.16. The number of aromatic nitrogens is 3. The zero-order chi connectivity index (χ0) is 25.0. The number of rotatable bonds is 6. The van der Waals surface area contributed by atoms with Crippen LogP contribution in [-0.2, 0) is 12.1 Å². The summed E-state index contributed by atoms with van der Waals surface area (Å²) in [7, 11) is 1.75. The lowest BCUT2D eigenvalue weighted by Gasteiger charge is -2.56. The van der Waals surface area contributed by atoms with Gasteiger partial charge in [-0.05, 0) is 92.8 Å². The molecule has 1 aliphatic heterocycles. The van der Waals surface area contributed by atoms with E-state index in [-0.39, 0.29) is 5.41 Å². The van der Waals surface area contributed by atoms with Crippen LogP contribution in [0.3, 0.4) is 0 Å². The van der Waals surface area contributed by atoms with Gasteiger partial charge in [0.05, 0.1) is 19.5 Å². The number of hydrogen-bond donors (Lipinski definition) is 0. The molecule has 4 saturated carbocycles. The van der Waals surface area contributed by atoms with Crippen LogP contribution in [0.5, 0.6) is 5.75 Å². The predicted molar refractivity (Wildman–Crippen MR) is 149 cm³/mol. The minimum atomic E-state index is 0.186. The molecular weight excluding hydrogens is 478 g/mol. The second-order valence-electron chi connectivity index (χ2n) is 11.9. The molecule has 0 N–H and O–H groups in total. The Bertz CT molecular complexity index is 1290. The summed E-state index contributed by atoms with van der Waals surface area (Å²) in [6, 6.07) is 19.0. The van der Waals surface area contributed by atoms with E-state index in [4.69, 9.17) is 22.1 Å². The first-order valence-corrected chi connectivity index (χ1v) is 14.4. The maximum Gasteiger partial charge on any atom is 0.203 e. The molecule has 194 valence electrons. The maximum atomic E-state index is 6.16. The van der Waals surface area contributed by atoms with Gasteiger partial charge in [-0.25, -0.2) is 4.68 Å². The summed E-state index contributed by atoms with van der Waals surface area (Å²) < 4.78 is 10.9. The van der Waals surface area contributed by atoms with Gasteiger partial charge >= 0.3 is 0 Å². The molecule has 5 fully saturated rings. The van der Waals surface area contributed by atoms with Crippen LogP contribution in [0.25, 0.3) is 5.69 Å². The number of para-hydroxylation sites is 3. The molecule has 3 aromatic rings. The Labute approximate surface area is 224 Å². The zero-order valence-corrected chi connectivity index (χ0v) is 22.6. The van der Waals surface area contributed by atoms with Crippen LogP contribution in [0.1, 0.15) is 44.3 Å². The third-order valence-electron chi connectivity index (χ3n) is 9.50. The molecule has 2 heterocycles. The normalized spacial score (nSPS) is 29.1. The van der Waals surface area contributed by atoms with Gasteiger partial charge in [-0.15, -0.1) is 0 Å². The van der Waals surface area contributed by atoms with Gasteiger partial charge in [-0.2, -0.15) is 5.10 Å². The highest BCUT2D eigenvalue weighted by Gasteiger charge is 2.54. The Balaban J connectivity index is 1.17. The number of hydrogen-bond acceptors (Lipinski definition) is 5. The summed E-state index contributed by atoms with van der Waals surface area (Å²) in [5, 5.41) is 5.37. The smallest absolute Gasteiger partial charge is 0.203 e. The fourth-order valence-corrected chi connectivity index (χ4v) is 8.54. The minimum absolute atomic E-state index is 0.186. The first kappa shape index (κ1) is 23.5. The summed E-state index contributed by atoms with van der Waals surface area (Å²) in [5.41, 5.74) is 2.52. The van der Waals surface area contributed by atoms with Crippen molar-refractivity contribution in [1.82, 2.24) is 19.2 Å². The Hall–Kier alpha value is -2.64. The SMILES string of the molecule is COc1ccccc1N1CCN(Cn2nc(C34CC5CC(CC(C5)C3)C4)n(-c3ccccc3)c2=S)CC1. The molecule has 4 aliphatic carbocycles. The van der Waals surface area contributed by atoms with Crippen LogP contribution >= 0.6 is 12.2 Å². The van der Waals surface area contributed by atoms with Crippen LogP contribution in [-0.4, -0.2) is 52.5 Å². The number of nitrogens with zero attached hydrogens (tertiary/aromatic N) is 5. The van der Waals surface area contributed by atoms with Gasteiger partial charge in [0.2, 0.25) is 4.77 Å². The zero-order valence-electron chi connectivity index (χ0n) is 21.8. The molecule has 1 aromatic heterocycles. The van der Waals surface area contributed by atoms with E-state index >= 15 is 0 Å². The third-order valence-corrected chi connectivity index (χ3v) is 9.89.